The third-order valence-corrected chi connectivity index (χ3v) is 3.91. The second-order valence-corrected chi connectivity index (χ2v) is 5.91. The highest BCUT2D eigenvalue weighted by Crippen LogP contribution is 2.23. The number of nitrogens with zero attached hydrogens (tertiary/aromatic N) is 1. The fraction of sp³-hybridized carbons (Fsp3) is 0.267. The van der Waals surface area contributed by atoms with E-state index in [1.54, 1.807) is 6.92 Å². The molecule has 0 spiro atoms. The Labute approximate surface area is 126 Å². The van der Waals surface area contributed by atoms with Crippen LogP contribution in [0.25, 0.3) is 0 Å². The average Bonchev–Trinajstić information content (AvgIpc) is 2.80. The van der Waals surface area contributed by atoms with Crippen LogP contribution in [0.3, 0.4) is 0 Å². The zero-order valence-electron chi connectivity index (χ0n) is 11.8. The molecule has 0 aliphatic heterocycles. The predicted molar refractivity (Wildman–Crippen MR) is 82.0 cm³/mol. The number of rotatable bonds is 6. The molecule has 6 heteroatoms. The standard InChI is InChI=1S/C15H16N2O3S/c1-9(18)13-10(2)21-15(17-13)16-12(14(19)20)8-11-6-4-3-5-7-11/h3-7,12H,8H2,1-2H3,(H,16,17)(H,19,20)/t12-/m1/s1. The molecule has 0 bridgehead atoms. The number of hydrogen-bond acceptors (Lipinski definition) is 5. The Hall–Kier alpha value is -2.21. The molecule has 1 aromatic carbocycles. The topological polar surface area (TPSA) is 79.3 Å². The normalized spacial score (nSPS) is 11.9. The number of hydrogen-bond donors (Lipinski definition) is 2. The lowest BCUT2D eigenvalue weighted by molar-refractivity contribution is -0.137. The number of benzene rings is 1. The van der Waals surface area contributed by atoms with E-state index in [-0.39, 0.29) is 5.78 Å². The minimum Gasteiger partial charge on any atom is -0.480 e. The minimum atomic E-state index is -0.948. The van der Waals surface area contributed by atoms with Gasteiger partial charge in [-0.2, -0.15) is 0 Å². The quantitative estimate of drug-likeness (QED) is 0.802. The van der Waals surface area contributed by atoms with Gasteiger partial charge in [0.2, 0.25) is 0 Å². The second-order valence-electron chi connectivity index (χ2n) is 4.70. The van der Waals surface area contributed by atoms with Crippen LogP contribution in [0.15, 0.2) is 30.3 Å². The number of thiazole rings is 1. The molecular formula is C15H16N2O3S. The van der Waals surface area contributed by atoms with Gasteiger partial charge in [-0.25, -0.2) is 9.78 Å². The summed E-state index contributed by atoms with van der Waals surface area (Å²) in [5.41, 5.74) is 1.32. The highest BCUT2D eigenvalue weighted by atomic mass is 32.1. The zero-order chi connectivity index (χ0) is 15.4. The van der Waals surface area contributed by atoms with Gasteiger partial charge < -0.3 is 10.4 Å². The van der Waals surface area contributed by atoms with Crippen molar-refractivity contribution in [3.63, 3.8) is 0 Å². The molecule has 0 amide bonds. The molecule has 1 aromatic heterocycles. The zero-order valence-corrected chi connectivity index (χ0v) is 12.6. The summed E-state index contributed by atoms with van der Waals surface area (Å²) in [5, 5.41) is 12.7. The molecule has 5 nitrogen and oxygen atoms in total. The number of nitrogens with one attached hydrogen (secondary N) is 1. The van der Waals surface area contributed by atoms with Crippen molar-refractivity contribution in [2.75, 3.05) is 5.32 Å². The number of carbonyl (C=O) groups excluding carboxylic acids is 1. The highest BCUT2D eigenvalue weighted by Gasteiger charge is 2.20. The van der Waals surface area contributed by atoms with Crippen LogP contribution in [0.2, 0.25) is 0 Å². The molecule has 1 heterocycles. The minimum absolute atomic E-state index is 0.119. The number of aryl methyl sites for hydroxylation is 1. The molecule has 0 saturated carbocycles. The van der Waals surface area contributed by atoms with Gasteiger partial charge in [-0.3, -0.25) is 4.79 Å². The Morgan fingerprint density at radius 1 is 1.33 bits per heavy atom. The van der Waals surface area contributed by atoms with Gasteiger partial charge in [-0.15, -0.1) is 11.3 Å². The molecular weight excluding hydrogens is 288 g/mol. The van der Waals surface area contributed by atoms with Gasteiger partial charge in [0.1, 0.15) is 11.7 Å². The first-order valence-electron chi connectivity index (χ1n) is 6.49. The van der Waals surface area contributed by atoms with Crippen LogP contribution in [0, 0.1) is 6.92 Å². The Morgan fingerprint density at radius 2 is 2.00 bits per heavy atom. The highest BCUT2D eigenvalue weighted by molar-refractivity contribution is 7.15. The first kappa shape index (κ1) is 15.2. The molecule has 2 aromatic rings. The lowest BCUT2D eigenvalue weighted by Gasteiger charge is -2.13. The Morgan fingerprint density at radius 3 is 2.52 bits per heavy atom. The Kier molecular flexibility index (Phi) is 4.70. The van der Waals surface area contributed by atoms with Crippen molar-refractivity contribution in [1.29, 1.82) is 0 Å². The maximum atomic E-state index is 11.4. The third kappa shape index (κ3) is 3.88. The molecule has 2 rings (SSSR count). The maximum Gasteiger partial charge on any atom is 0.326 e. The van der Waals surface area contributed by atoms with E-state index in [1.165, 1.54) is 18.3 Å². The van der Waals surface area contributed by atoms with Gasteiger partial charge >= 0.3 is 5.97 Å². The first-order valence-corrected chi connectivity index (χ1v) is 7.30. The number of aliphatic carboxylic acids is 1. The maximum absolute atomic E-state index is 11.4. The molecule has 0 radical (unpaired) electrons. The van der Waals surface area contributed by atoms with E-state index in [0.29, 0.717) is 17.2 Å². The van der Waals surface area contributed by atoms with Crippen LogP contribution in [0.1, 0.15) is 27.9 Å². The van der Waals surface area contributed by atoms with E-state index in [1.807, 2.05) is 30.3 Å². The van der Waals surface area contributed by atoms with E-state index < -0.39 is 12.0 Å². The molecule has 0 aliphatic rings. The molecule has 110 valence electrons. The number of ketones is 1. The van der Waals surface area contributed by atoms with Crippen molar-refractivity contribution in [2.24, 2.45) is 0 Å². The Balaban J connectivity index is 2.15. The van der Waals surface area contributed by atoms with Crippen LogP contribution < -0.4 is 5.32 Å². The molecule has 0 aliphatic carbocycles. The van der Waals surface area contributed by atoms with Crippen LogP contribution in [0.5, 0.6) is 0 Å². The van der Waals surface area contributed by atoms with E-state index in [0.717, 1.165) is 10.4 Å². The number of carbonyl (C=O) groups is 2. The van der Waals surface area contributed by atoms with E-state index in [4.69, 9.17) is 0 Å². The second kappa shape index (κ2) is 6.49. The number of anilines is 1. The third-order valence-electron chi connectivity index (χ3n) is 3.01. The average molecular weight is 304 g/mol. The lowest BCUT2D eigenvalue weighted by atomic mass is 10.1. The summed E-state index contributed by atoms with van der Waals surface area (Å²) in [6.07, 6.45) is 0.351. The molecule has 0 fully saturated rings. The number of aromatic nitrogens is 1. The van der Waals surface area contributed by atoms with E-state index in [2.05, 4.69) is 10.3 Å². The van der Waals surface area contributed by atoms with Crippen molar-refractivity contribution in [3.8, 4) is 0 Å². The summed E-state index contributed by atoms with van der Waals surface area (Å²) in [6, 6.07) is 8.61. The number of carboxylic acids is 1. The first-order chi connectivity index (χ1) is 9.97. The van der Waals surface area contributed by atoms with Gasteiger partial charge in [0.05, 0.1) is 0 Å². The summed E-state index contributed by atoms with van der Waals surface area (Å²) in [5.74, 6) is -1.07. The van der Waals surface area contributed by atoms with Gasteiger partial charge in [-0.05, 0) is 12.5 Å². The fourth-order valence-electron chi connectivity index (χ4n) is 1.98. The summed E-state index contributed by atoms with van der Waals surface area (Å²) in [6.45, 7) is 3.25. The van der Waals surface area contributed by atoms with Crippen molar-refractivity contribution in [2.45, 2.75) is 26.3 Å². The van der Waals surface area contributed by atoms with Crippen LogP contribution in [-0.4, -0.2) is 27.9 Å². The van der Waals surface area contributed by atoms with Crippen LogP contribution in [-0.2, 0) is 11.2 Å². The van der Waals surface area contributed by atoms with Gasteiger partial charge in [0.25, 0.3) is 0 Å². The van der Waals surface area contributed by atoms with Crippen LogP contribution >= 0.6 is 11.3 Å². The molecule has 0 unspecified atom stereocenters. The molecule has 21 heavy (non-hydrogen) atoms. The number of Topliss-reactive ketones (excluding diaryl/α,β-unsaturated/α-hetero) is 1. The number of carboxylic acid groups (broad SMARTS) is 1. The van der Waals surface area contributed by atoms with Crippen molar-refractivity contribution < 1.29 is 14.7 Å². The van der Waals surface area contributed by atoms with Crippen molar-refractivity contribution in [3.05, 3.63) is 46.5 Å². The Bertz CT molecular complexity index is 652. The molecule has 0 saturated heterocycles. The van der Waals surface area contributed by atoms with E-state index >= 15 is 0 Å². The summed E-state index contributed by atoms with van der Waals surface area (Å²) in [7, 11) is 0. The predicted octanol–water partition coefficient (Wildman–Crippen LogP) is 2.76. The van der Waals surface area contributed by atoms with Crippen molar-refractivity contribution >= 4 is 28.2 Å². The van der Waals surface area contributed by atoms with Crippen LogP contribution in [0.4, 0.5) is 5.13 Å². The summed E-state index contributed by atoms with van der Waals surface area (Å²) in [4.78, 5) is 27.7. The molecule has 2 N–H and O–H groups in total. The smallest absolute Gasteiger partial charge is 0.326 e. The largest absolute Gasteiger partial charge is 0.480 e. The van der Waals surface area contributed by atoms with Gasteiger partial charge in [0.15, 0.2) is 10.9 Å². The monoisotopic (exact) mass is 304 g/mol. The van der Waals surface area contributed by atoms with Gasteiger partial charge in [0, 0.05) is 18.2 Å². The van der Waals surface area contributed by atoms with Crippen molar-refractivity contribution in [1.82, 2.24) is 4.98 Å². The molecule has 1 atom stereocenters. The summed E-state index contributed by atoms with van der Waals surface area (Å²) < 4.78 is 0. The summed E-state index contributed by atoms with van der Waals surface area (Å²) >= 11 is 1.29. The SMILES string of the molecule is CC(=O)c1nc(N[C@H](Cc2ccccc2)C(=O)O)sc1C. The lowest BCUT2D eigenvalue weighted by Crippen LogP contribution is -2.31. The van der Waals surface area contributed by atoms with Gasteiger partial charge in [-0.1, -0.05) is 30.3 Å². The fourth-order valence-corrected chi connectivity index (χ4v) is 2.90. The van der Waals surface area contributed by atoms with E-state index in [9.17, 15) is 14.7 Å².